The predicted molar refractivity (Wildman–Crippen MR) is 121 cm³/mol. The molecule has 0 aliphatic rings. The molecule has 1 aromatic carbocycles. The third-order valence-electron chi connectivity index (χ3n) is 4.60. The van der Waals surface area contributed by atoms with Crippen molar-refractivity contribution in [3.8, 4) is 17.3 Å². The van der Waals surface area contributed by atoms with Crippen LogP contribution in [0.5, 0.6) is 0 Å². The van der Waals surface area contributed by atoms with E-state index in [0.29, 0.717) is 15.7 Å². The fraction of sp³-hybridized carbons (Fsp3) is 0.182. The van der Waals surface area contributed by atoms with Gasteiger partial charge in [0.2, 0.25) is 5.91 Å². The van der Waals surface area contributed by atoms with E-state index in [0.717, 1.165) is 28.0 Å². The van der Waals surface area contributed by atoms with Crippen LogP contribution >= 0.6 is 23.1 Å². The van der Waals surface area contributed by atoms with Gasteiger partial charge in [-0.05, 0) is 43.8 Å². The summed E-state index contributed by atoms with van der Waals surface area (Å²) in [4.78, 5) is 17.6. The number of nitrogens with zero attached hydrogens (tertiary/aromatic N) is 4. The SMILES string of the molecule is Cc1cc(C)c2c(-c3ccccc3)nc(SC(C)C(=O)Nc3sccc3C#N)n2n1. The number of nitriles is 1. The first-order chi connectivity index (χ1) is 14.5. The number of rotatable bonds is 5. The van der Waals surface area contributed by atoms with Gasteiger partial charge >= 0.3 is 0 Å². The zero-order chi connectivity index (χ0) is 21.3. The molecule has 0 saturated heterocycles. The Bertz CT molecular complexity index is 1270. The van der Waals surface area contributed by atoms with Gasteiger partial charge in [0.1, 0.15) is 11.1 Å². The maximum absolute atomic E-state index is 12.7. The monoisotopic (exact) mass is 433 g/mol. The lowest BCUT2D eigenvalue weighted by molar-refractivity contribution is -0.115. The molecule has 1 N–H and O–H groups in total. The maximum Gasteiger partial charge on any atom is 0.238 e. The molecule has 0 fully saturated rings. The highest BCUT2D eigenvalue weighted by molar-refractivity contribution is 8.00. The van der Waals surface area contributed by atoms with E-state index in [1.54, 1.807) is 11.4 Å². The van der Waals surface area contributed by atoms with E-state index < -0.39 is 5.25 Å². The van der Waals surface area contributed by atoms with Crippen LogP contribution in [0, 0.1) is 25.2 Å². The summed E-state index contributed by atoms with van der Waals surface area (Å²) in [5.74, 6) is -0.179. The third-order valence-corrected chi connectivity index (χ3v) is 6.47. The van der Waals surface area contributed by atoms with Crippen LogP contribution in [0.25, 0.3) is 16.8 Å². The fourth-order valence-corrected chi connectivity index (χ4v) is 4.80. The lowest BCUT2D eigenvalue weighted by atomic mass is 10.1. The zero-order valence-corrected chi connectivity index (χ0v) is 18.3. The van der Waals surface area contributed by atoms with Crippen LogP contribution in [0.3, 0.4) is 0 Å². The van der Waals surface area contributed by atoms with Gasteiger partial charge in [0.05, 0.1) is 27.7 Å². The Hall–Kier alpha value is -3.15. The van der Waals surface area contributed by atoms with Gasteiger partial charge in [0.25, 0.3) is 0 Å². The summed E-state index contributed by atoms with van der Waals surface area (Å²) in [7, 11) is 0. The van der Waals surface area contributed by atoms with Crippen LogP contribution in [-0.2, 0) is 4.79 Å². The molecule has 30 heavy (non-hydrogen) atoms. The first-order valence-corrected chi connectivity index (χ1v) is 11.1. The predicted octanol–water partition coefficient (Wildman–Crippen LogP) is 5.07. The molecule has 0 aliphatic carbocycles. The topological polar surface area (TPSA) is 83.1 Å². The van der Waals surface area contributed by atoms with Crippen LogP contribution in [0.2, 0.25) is 0 Å². The minimum absolute atomic E-state index is 0.179. The molecule has 3 heterocycles. The highest BCUT2D eigenvalue weighted by Crippen LogP contribution is 2.33. The highest BCUT2D eigenvalue weighted by atomic mass is 32.2. The van der Waals surface area contributed by atoms with Gasteiger partial charge < -0.3 is 5.32 Å². The van der Waals surface area contributed by atoms with Crippen molar-refractivity contribution in [1.29, 1.82) is 5.26 Å². The standard InChI is InChI=1S/C22H19N5OS2/c1-13-11-14(2)26-27-19(13)18(16-7-5-4-6-8-16)24-22(27)30-15(3)20(28)25-21-17(12-23)9-10-29-21/h4-11,15H,1-3H3,(H,25,28). The highest BCUT2D eigenvalue weighted by Gasteiger charge is 2.22. The second kappa shape index (κ2) is 8.30. The summed E-state index contributed by atoms with van der Waals surface area (Å²) < 4.78 is 1.83. The van der Waals surface area contributed by atoms with Crippen LogP contribution in [0.15, 0.2) is 53.0 Å². The van der Waals surface area contributed by atoms with Crippen LogP contribution in [-0.4, -0.2) is 25.8 Å². The van der Waals surface area contributed by atoms with Crippen molar-refractivity contribution in [1.82, 2.24) is 14.6 Å². The number of fused-ring (bicyclic) bond motifs is 1. The van der Waals surface area contributed by atoms with Gasteiger partial charge in [-0.3, -0.25) is 4.79 Å². The second-order valence-corrected chi connectivity index (χ2v) is 9.09. The summed E-state index contributed by atoms with van der Waals surface area (Å²) in [6.45, 7) is 5.81. The smallest absolute Gasteiger partial charge is 0.238 e. The summed E-state index contributed by atoms with van der Waals surface area (Å²) in [5, 5.41) is 19.3. The summed E-state index contributed by atoms with van der Waals surface area (Å²) in [6, 6.07) is 15.8. The van der Waals surface area contributed by atoms with Crippen LogP contribution in [0.1, 0.15) is 23.7 Å². The number of carbonyl (C=O) groups excluding carboxylic acids is 1. The Labute approximate surface area is 182 Å². The molecule has 0 bridgehead atoms. The van der Waals surface area contributed by atoms with Crippen LogP contribution in [0.4, 0.5) is 5.00 Å². The molecule has 1 unspecified atom stereocenters. The molecule has 0 radical (unpaired) electrons. The van der Waals surface area contributed by atoms with Crippen molar-refractivity contribution in [2.24, 2.45) is 0 Å². The van der Waals surface area contributed by atoms with Gasteiger partial charge in [-0.25, -0.2) is 9.50 Å². The molecule has 8 heteroatoms. The van der Waals surface area contributed by atoms with Crippen molar-refractivity contribution < 1.29 is 4.79 Å². The first kappa shape index (κ1) is 20.1. The molecular formula is C22H19N5OS2. The van der Waals surface area contributed by atoms with Crippen molar-refractivity contribution >= 4 is 39.5 Å². The number of benzene rings is 1. The number of thioether (sulfide) groups is 1. The summed E-state index contributed by atoms with van der Waals surface area (Å²) in [5.41, 5.74) is 5.22. The van der Waals surface area contributed by atoms with E-state index in [-0.39, 0.29) is 5.91 Å². The van der Waals surface area contributed by atoms with E-state index in [1.807, 2.05) is 61.7 Å². The molecule has 4 aromatic rings. The minimum atomic E-state index is -0.421. The van der Waals surface area contributed by atoms with Gasteiger partial charge in [-0.2, -0.15) is 10.4 Å². The largest absolute Gasteiger partial charge is 0.316 e. The molecule has 1 atom stereocenters. The molecule has 1 amide bonds. The number of aryl methyl sites for hydroxylation is 2. The Kier molecular flexibility index (Phi) is 5.57. The van der Waals surface area contributed by atoms with Crippen molar-refractivity contribution in [3.63, 3.8) is 0 Å². The number of hydrogen-bond acceptors (Lipinski definition) is 6. The van der Waals surface area contributed by atoms with Gasteiger partial charge in [-0.15, -0.1) is 11.3 Å². The van der Waals surface area contributed by atoms with E-state index in [4.69, 9.17) is 10.2 Å². The van der Waals surface area contributed by atoms with E-state index in [2.05, 4.69) is 16.5 Å². The van der Waals surface area contributed by atoms with E-state index in [9.17, 15) is 4.79 Å². The van der Waals surface area contributed by atoms with Crippen molar-refractivity contribution in [3.05, 3.63) is 64.7 Å². The minimum Gasteiger partial charge on any atom is -0.316 e. The van der Waals surface area contributed by atoms with Gasteiger partial charge in [0.15, 0.2) is 5.16 Å². The molecule has 150 valence electrons. The number of anilines is 1. The molecule has 0 spiro atoms. The first-order valence-electron chi connectivity index (χ1n) is 9.35. The lowest BCUT2D eigenvalue weighted by Crippen LogP contribution is -2.22. The number of aromatic nitrogens is 3. The van der Waals surface area contributed by atoms with E-state index >= 15 is 0 Å². The average molecular weight is 434 g/mol. The molecule has 0 saturated carbocycles. The number of thiophene rings is 1. The maximum atomic E-state index is 12.7. The Morgan fingerprint density at radius 2 is 2.03 bits per heavy atom. The molecule has 3 aromatic heterocycles. The molecular weight excluding hydrogens is 414 g/mol. The summed E-state index contributed by atoms with van der Waals surface area (Å²) in [6.07, 6.45) is 0. The molecule has 6 nitrogen and oxygen atoms in total. The van der Waals surface area contributed by atoms with Gasteiger partial charge in [-0.1, -0.05) is 42.1 Å². The third kappa shape index (κ3) is 3.82. The van der Waals surface area contributed by atoms with Gasteiger partial charge in [0, 0.05) is 5.56 Å². The second-order valence-electron chi connectivity index (χ2n) is 6.86. The Morgan fingerprint density at radius 1 is 1.27 bits per heavy atom. The zero-order valence-electron chi connectivity index (χ0n) is 16.7. The number of imidazole rings is 1. The number of amides is 1. The summed E-state index contributed by atoms with van der Waals surface area (Å²) >= 11 is 2.69. The number of nitrogens with one attached hydrogen (secondary N) is 1. The van der Waals surface area contributed by atoms with Crippen molar-refractivity contribution in [2.75, 3.05) is 5.32 Å². The molecule has 0 aliphatic heterocycles. The average Bonchev–Trinajstić information content (AvgIpc) is 3.33. The number of hydrogen-bond donors (Lipinski definition) is 1. The van der Waals surface area contributed by atoms with Crippen LogP contribution < -0.4 is 5.32 Å². The normalized spacial score (nSPS) is 11.9. The quantitative estimate of drug-likeness (QED) is 0.445. The molecule has 4 rings (SSSR count). The Balaban J connectivity index is 1.69. The number of carbonyl (C=O) groups is 1. The fourth-order valence-electron chi connectivity index (χ4n) is 3.20. The van der Waals surface area contributed by atoms with Crippen molar-refractivity contribution in [2.45, 2.75) is 31.2 Å². The lowest BCUT2D eigenvalue weighted by Gasteiger charge is -2.10. The Morgan fingerprint density at radius 3 is 2.77 bits per heavy atom. The van der Waals surface area contributed by atoms with E-state index in [1.165, 1.54) is 23.1 Å².